The number of carbonyl (C=O) groups excluding carboxylic acids is 2. The monoisotopic (exact) mass is 468 g/mol. The Balaban J connectivity index is 1.61. The lowest BCUT2D eigenvalue weighted by molar-refractivity contribution is -0.147. The van der Waals surface area contributed by atoms with Crippen molar-refractivity contribution in [1.82, 2.24) is 10.6 Å². The molecule has 2 amide bonds. The molecule has 3 N–H and O–H groups in total. The third kappa shape index (κ3) is 5.22. The van der Waals surface area contributed by atoms with E-state index in [4.69, 9.17) is 9.47 Å². The highest BCUT2D eigenvalue weighted by atomic mass is 16.5. The third-order valence-electron chi connectivity index (χ3n) is 6.69. The molecule has 3 rings (SSSR count). The first kappa shape index (κ1) is 25.2. The summed E-state index contributed by atoms with van der Waals surface area (Å²) in [5.41, 5.74) is 3.48. The van der Waals surface area contributed by atoms with Gasteiger partial charge in [-0.1, -0.05) is 55.5 Å². The Hall–Kier alpha value is -3.39. The molecule has 0 saturated heterocycles. The van der Waals surface area contributed by atoms with Crippen molar-refractivity contribution in [3.05, 3.63) is 59.7 Å². The maximum Gasteiger partial charge on any atom is 0.407 e. The summed E-state index contributed by atoms with van der Waals surface area (Å²) in [5, 5.41) is 14.6. The number of benzene rings is 2. The number of methoxy groups -OCH3 is 1. The van der Waals surface area contributed by atoms with Gasteiger partial charge >= 0.3 is 12.1 Å². The van der Waals surface area contributed by atoms with Gasteiger partial charge in [-0.25, -0.2) is 9.59 Å². The molecule has 0 fully saturated rings. The predicted octanol–water partition coefficient (Wildman–Crippen LogP) is 3.55. The fourth-order valence-electron chi connectivity index (χ4n) is 4.11. The Bertz CT molecular complexity index is 1010. The Kier molecular flexibility index (Phi) is 7.94. The van der Waals surface area contributed by atoms with Gasteiger partial charge in [0.2, 0.25) is 5.91 Å². The Morgan fingerprint density at radius 2 is 1.62 bits per heavy atom. The van der Waals surface area contributed by atoms with Crippen LogP contribution in [-0.2, 0) is 19.1 Å². The van der Waals surface area contributed by atoms with E-state index in [1.54, 1.807) is 20.8 Å². The number of alkyl carbamates (subject to hydrolysis) is 1. The minimum atomic E-state index is -1.20. The molecule has 2 aromatic rings. The number of aliphatic carboxylic acids is 1. The highest BCUT2D eigenvalue weighted by Gasteiger charge is 2.37. The van der Waals surface area contributed by atoms with E-state index in [0.29, 0.717) is 6.42 Å². The van der Waals surface area contributed by atoms with Crippen LogP contribution in [0.5, 0.6) is 0 Å². The normalized spacial score (nSPS) is 15.9. The fourth-order valence-corrected chi connectivity index (χ4v) is 4.11. The van der Waals surface area contributed by atoms with Crippen molar-refractivity contribution in [2.75, 3.05) is 20.3 Å². The summed E-state index contributed by atoms with van der Waals surface area (Å²) >= 11 is 0. The topological polar surface area (TPSA) is 114 Å². The summed E-state index contributed by atoms with van der Waals surface area (Å²) < 4.78 is 10.6. The highest BCUT2D eigenvalue weighted by molar-refractivity contribution is 5.88. The molecule has 1 aliphatic rings. The van der Waals surface area contributed by atoms with Crippen LogP contribution in [0.4, 0.5) is 4.79 Å². The van der Waals surface area contributed by atoms with E-state index in [9.17, 15) is 19.5 Å². The number of carbonyl (C=O) groups is 3. The molecule has 182 valence electrons. The molecule has 0 spiro atoms. The second kappa shape index (κ2) is 10.7. The lowest BCUT2D eigenvalue weighted by atomic mass is 9.86. The van der Waals surface area contributed by atoms with E-state index in [2.05, 4.69) is 22.8 Å². The minimum Gasteiger partial charge on any atom is -0.480 e. The molecular formula is C26H32N2O6. The van der Waals surface area contributed by atoms with E-state index in [0.717, 1.165) is 22.3 Å². The Morgan fingerprint density at radius 3 is 2.12 bits per heavy atom. The van der Waals surface area contributed by atoms with Gasteiger partial charge in [-0.2, -0.15) is 0 Å². The van der Waals surface area contributed by atoms with Gasteiger partial charge in [0.15, 0.2) is 6.04 Å². The number of amides is 2. The average molecular weight is 469 g/mol. The number of carboxylic acids is 1. The fraction of sp³-hybridized carbons (Fsp3) is 0.423. The summed E-state index contributed by atoms with van der Waals surface area (Å²) in [6.45, 7) is 5.20. The van der Waals surface area contributed by atoms with E-state index in [-0.39, 0.29) is 19.1 Å². The van der Waals surface area contributed by atoms with Gasteiger partial charge in [0.25, 0.3) is 0 Å². The van der Waals surface area contributed by atoms with Crippen molar-refractivity contribution >= 4 is 18.0 Å². The Morgan fingerprint density at radius 1 is 1.06 bits per heavy atom. The van der Waals surface area contributed by atoms with Crippen LogP contribution < -0.4 is 10.6 Å². The molecule has 0 aromatic heterocycles. The second-order valence-corrected chi connectivity index (χ2v) is 8.82. The largest absolute Gasteiger partial charge is 0.480 e. The SMILES string of the molecule is CCC(C)(CNC(=O)OCC1c2ccccc2-c2ccccc21)C(=O)N[C@H](C(=O)O)[C@@H](C)OC. The zero-order valence-corrected chi connectivity index (χ0v) is 20.0. The summed E-state index contributed by atoms with van der Waals surface area (Å²) in [7, 11) is 1.38. The van der Waals surface area contributed by atoms with Crippen molar-refractivity contribution in [1.29, 1.82) is 0 Å². The maximum atomic E-state index is 12.9. The molecule has 0 radical (unpaired) electrons. The highest BCUT2D eigenvalue weighted by Crippen LogP contribution is 2.44. The van der Waals surface area contributed by atoms with E-state index < -0.39 is 35.5 Å². The van der Waals surface area contributed by atoms with Crippen LogP contribution in [0.25, 0.3) is 11.1 Å². The summed E-state index contributed by atoms with van der Waals surface area (Å²) in [5.74, 6) is -1.73. The van der Waals surface area contributed by atoms with E-state index in [1.807, 2.05) is 36.4 Å². The van der Waals surface area contributed by atoms with Crippen molar-refractivity contribution in [2.45, 2.75) is 45.3 Å². The molecule has 0 bridgehead atoms. The van der Waals surface area contributed by atoms with Crippen LogP contribution in [0.3, 0.4) is 0 Å². The minimum absolute atomic E-state index is 0.000288. The number of ether oxygens (including phenoxy) is 2. The van der Waals surface area contributed by atoms with E-state index in [1.165, 1.54) is 7.11 Å². The molecule has 0 heterocycles. The summed E-state index contributed by atoms with van der Waals surface area (Å²) in [4.78, 5) is 36.9. The van der Waals surface area contributed by atoms with E-state index >= 15 is 0 Å². The zero-order valence-electron chi connectivity index (χ0n) is 20.0. The molecule has 0 saturated carbocycles. The van der Waals surface area contributed by atoms with Gasteiger partial charge in [-0.15, -0.1) is 0 Å². The van der Waals surface area contributed by atoms with Crippen LogP contribution in [0.15, 0.2) is 48.5 Å². The molecule has 1 aliphatic carbocycles. The predicted molar refractivity (Wildman–Crippen MR) is 128 cm³/mol. The molecule has 2 aromatic carbocycles. The van der Waals surface area contributed by atoms with Crippen molar-refractivity contribution in [3.8, 4) is 11.1 Å². The first-order valence-electron chi connectivity index (χ1n) is 11.4. The zero-order chi connectivity index (χ0) is 24.9. The Labute approximate surface area is 199 Å². The third-order valence-corrected chi connectivity index (χ3v) is 6.69. The first-order valence-corrected chi connectivity index (χ1v) is 11.4. The summed E-state index contributed by atoms with van der Waals surface area (Å²) in [6.07, 6.45) is -0.956. The number of hydrogen-bond donors (Lipinski definition) is 3. The second-order valence-electron chi connectivity index (χ2n) is 8.82. The maximum absolute atomic E-state index is 12.9. The summed E-state index contributed by atoms with van der Waals surface area (Å²) in [6, 6.07) is 14.9. The van der Waals surface area contributed by atoms with Crippen molar-refractivity contribution < 1.29 is 29.0 Å². The van der Waals surface area contributed by atoms with Crippen molar-refractivity contribution in [2.24, 2.45) is 5.41 Å². The number of nitrogens with one attached hydrogen (secondary N) is 2. The average Bonchev–Trinajstić information content (AvgIpc) is 3.17. The number of carboxylic acid groups (broad SMARTS) is 1. The lowest BCUT2D eigenvalue weighted by Crippen LogP contribution is -2.54. The van der Waals surface area contributed by atoms with Gasteiger partial charge < -0.3 is 25.2 Å². The van der Waals surface area contributed by atoms with Crippen LogP contribution in [-0.4, -0.2) is 55.5 Å². The van der Waals surface area contributed by atoms with Gasteiger partial charge in [0, 0.05) is 19.6 Å². The van der Waals surface area contributed by atoms with Crippen LogP contribution in [0.1, 0.15) is 44.2 Å². The first-order chi connectivity index (χ1) is 16.2. The van der Waals surface area contributed by atoms with Gasteiger partial charge in [0.1, 0.15) is 6.61 Å². The molecule has 8 heteroatoms. The standard InChI is InChI=1S/C26H32N2O6/c1-5-26(3,24(31)28-22(23(29)30)16(2)33-4)15-27-25(32)34-14-21-19-12-8-6-10-17(19)18-11-7-9-13-20(18)21/h6-13,16,21-22H,5,14-15H2,1-4H3,(H,27,32)(H,28,31)(H,29,30)/t16-,22+,26?/m1/s1. The van der Waals surface area contributed by atoms with Crippen LogP contribution >= 0.6 is 0 Å². The van der Waals surface area contributed by atoms with Gasteiger partial charge in [-0.05, 0) is 42.5 Å². The smallest absolute Gasteiger partial charge is 0.407 e. The van der Waals surface area contributed by atoms with Crippen molar-refractivity contribution in [3.63, 3.8) is 0 Å². The van der Waals surface area contributed by atoms with Crippen LogP contribution in [0.2, 0.25) is 0 Å². The number of fused-ring (bicyclic) bond motifs is 3. The van der Waals surface area contributed by atoms with Gasteiger partial charge in [-0.3, -0.25) is 4.79 Å². The molecule has 3 atom stereocenters. The number of rotatable bonds is 10. The molecule has 34 heavy (non-hydrogen) atoms. The molecule has 8 nitrogen and oxygen atoms in total. The molecule has 1 unspecified atom stereocenters. The molecular weight excluding hydrogens is 436 g/mol. The van der Waals surface area contributed by atoms with Gasteiger partial charge in [0.05, 0.1) is 11.5 Å². The quantitative estimate of drug-likeness (QED) is 0.491. The lowest BCUT2D eigenvalue weighted by Gasteiger charge is -2.30. The molecule has 0 aliphatic heterocycles. The number of hydrogen-bond acceptors (Lipinski definition) is 5. The van der Waals surface area contributed by atoms with Crippen LogP contribution in [0, 0.1) is 5.41 Å².